The van der Waals surface area contributed by atoms with Gasteiger partial charge in [0.1, 0.15) is 6.61 Å². The number of carbonyl (C=O) groups excluding carboxylic acids is 2. The van der Waals surface area contributed by atoms with Gasteiger partial charge in [0.25, 0.3) is 0 Å². The molecule has 1 aromatic carbocycles. The molecule has 0 heterocycles. The second-order valence-electron chi connectivity index (χ2n) is 4.87. The predicted molar refractivity (Wildman–Crippen MR) is 78.1 cm³/mol. The van der Waals surface area contributed by atoms with Crippen molar-refractivity contribution in [2.24, 2.45) is 0 Å². The summed E-state index contributed by atoms with van der Waals surface area (Å²) >= 11 is 0. The number of Topliss-reactive ketones (excluding diaryl/α,β-unsaturated/α-hetero) is 1. The van der Waals surface area contributed by atoms with Crippen molar-refractivity contribution in [2.45, 2.75) is 45.1 Å². The number of aliphatic hydroxyl groups is 1. The third kappa shape index (κ3) is 7.69. The van der Waals surface area contributed by atoms with E-state index < -0.39 is 0 Å². The lowest BCUT2D eigenvalue weighted by atomic mass is 10.1. The van der Waals surface area contributed by atoms with Crippen LogP contribution in [0.4, 0.5) is 0 Å². The molecule has 0 aromatic heterocycles. The topological polar surface area (TPSA) is 66.4 Å². The van der Waals surface area contributed by atoms with Gasteiger partial charge in [0.2, 0.25) is 5.91 Å². The molecule has 0 saturated heterocycles. The van der Waals surface area contributed by atoms with Crippen LogP contribution in [0.15, 0.2) is 30.3 Å². The number of hydrogen-bond acceptors (Lipinski definition) is 3. The number of rotatable bonds is 10. The highest BCUT2D eigenvalue weighted by Crippen LogP contribution is 2.06. The number of benzene rings is 1. The molecule has 0 aliphatic carbocycles. The number of hydrogen-bond donors (Lipinski definition) is 2. The van der Waals surface area contributed by atoms with E-state index in [1.807, 2.05) is 30.3 Å². The molecule has 0 atom stereocenters. The minimum absolute atomic E-state index is 0.0697. The van der Waals surface area contributed by atoms with Crippen molar-refractivity contribution in [1.82, 2.24) is 5.32 Å². The van der Waals surface area contributed by atoms with E-state index in [1.165, 1.54) is 0 Å². The predicted octanol–water partition coefficient (Wildman–Crippen LogP) is 2.20. The molecule has 0 fully saturated rings. The fourth-order valence-electron chi connectivity index (χ4n) is 1.93. The standard InChI is InChI=1S/C16H23NO3/c18-13-15(19)10-6-1-2-7-11-16(20)17-12-14-8-4-3-5-9-14/h3-5,8-9,18H,1-2,6-7,10-13H2,(H,17,20). The van der Waals surface area contributed by atoms with Crippen LogP contribution in [0.2, 0.25) is 0 Å². The minimum atomic E-state index is -0.359. The van der Waals surface area contributed by atoms with Crippen LogP contribution >= 0.6 is 0 Å². The van der Waals surface area contributed by atoms with Gasteiger partial charge in [-0.2, -0.15) is 0 Å². The summed E-state index contributed by atoms with van der Waals surface area (Å²) in [7, 11) is 0. The van der Waals surface area contributed by atoms with Gasteiger partial charge >= 0.3 is 0 Å². The molecular weight excluding hydrogens is 254 g/mol. The van der Waals surface area contributed by atoms with Gasteiger partial charge in [0, 0.05) is 19.4 Å². The molecule has 0 aliphatic heterocycles. The Morgan fingerprint density at radius 3 is 2.25 bits per heavy atom. The Morgan fingerprint density at radius 1 is 0.950 bits per heavy atom. The quantitative estimate of drug-likeness (QED) is 0.644. The molecular formula is C16H23NO3. The van der Waals surface area contributed by atoms with Crippen LogP contribution in [0.1, 0.15) is 44.1 Å². The second kappa shape index (κ2) is 10.1. The summed E-state index contributed by atoms with van der Waals surface area (Å²) in [6, 6.07) is 9.83. The first-order valence-corrected chi connectivity index (χ1v) is 7.15. The van der Waals surface area contributed by atoms with E-state index >= 15 is 0 Å². The normalized spacial score (nSPS) is 10.2. The van der Waals surface area contributed by atoms with Crippen LogP contribution in [-0.4, -0.2) is 23.4 Å². The van der Waals surface area contributed by atoms with Gasteiger partial charge in [-0.05, 0) is 18.4 Å². The van der Waals surface area contributed by atoms with Crippen LogP contribution in [0.5, 0.6) is 0 Å². The summed E-state index contributed by atoms with van der Waals surface area (Å²) in [5, 5.41) is 11.5. The third-order valence-corrected chi connectivity index (χ3v) is 3.12. The maximum atomic E-state index is 11.6. The zero-order valence-corrected chi connectivity index (χ0v) is 11.8. The number of unbranched alkanes of at least 4 members (excludes halogenated alkanes) is 3. The number of amides is 1. The lowest BCUT2D eigenvalue weighted by molar-refractivity contribution is -0.122. The van der Waals surface area contributed by atoms with Crippen molar-refractivity contribution in [3.8, 4) is 0 Å². The molecule has 0 unspecified atom stereocenters. The van der Waals surface area contributed by atoms with E-state index in [9.17, 15) is 9.59 Å². The highest BCUT2D eigenvalue weighted by Gasteiger charge is 2.02. The van der Waals surface area contributed by atoms with Crippen molar-refractivity contribution in [1.29, 1.82) is 0 Å². The summed E-state index contributed by atoms with van der Waals surface area (Å²) in [4.78, 5) is 22.5. The maximum Gasteiger partial charge on any atom is 0.220 e. The van der Waals surface area contributed by atoms with Crippen LogP contribution in [0.3, 0.4) is 0 Å². The smallest absolute Gasteiger partial charge is 0.220 e. The first-order chi connectivity index (χ1) is 9.72. The Morgan fingerprint density at radius 2 is 1.60 bits per heavy atom. The number of nitrogens with one attached hydrogen (secondary N) is 1. The van der Waals surface area contributed by atoms with E-state index in [0.717, 1.165) is 31.2 Å². The van der Waals surface area contributed by atoms with Gasteiger partial charge in [-0.25, -0.2) is 0 Å². The Hall–Kier alpha value is -1.68. The van der Waals surface area contributed by atoms with E-state index in [4.69, 9.17) is 5.11 Å². The Balaban J connectivity index is 1.99. The van der Waals surface area contributed by atoms with E-state index in [-0.39, 0.29) is 18.3 Å². The molecule has 0 saturated carbocycles. The van der Waals surface area contributed by atoms with E-state index in [2.05, 4.69) is 5.32 Å². The zero-order chi connectivity index (χ0) is 14.6. The second-order valence-corrected chi connectivity index (χ2v) is 4.87. The number of carbonyl (C=O) groups is 2. The van der Waals surface area contributed by atoms with E-state index in [1.54, 1.807) is 0 Å². The molecule has 1 aromatic rings. The molecule has 20 heavy (non-hydrogen) atoms. The Labute approximate surface area is 120 Å². The molecule has 0 aliphatic rings. The first kappa shape index (κ1) is 16.4. The SMILES string of the molecule is O=C(CO)CCCCCCC(=O)NCc1ccccc1. The van der Waals surface area contributed by atoms with Crippen LogP contribution in [-0.2, 0) is 16.1 Å². The number of aliphatic hydroxyl groups excluding tert-OH is 1. The lowest BCUT2D eigenvalue weighted by Gasteiger charge is -2.05. The fourth-order valence-corrected chi connectivity index (χ4v) is 1.93. The average Bonchev–Trinajstić information content (AvgIpc) is 2.49. The maximum absolute atomic E-state index is 11.6. The summed E-state index contributed by atoms with van der Waals surface area (Å²) in [6.07, 6.45) is 4.48. The van der Waals surface area contributed by atoms with Crippen molar-refractivity contribution < 1.29 is 14.7 Å². The minimum Gasteiger partial charge on any atom is -0.389 e. The van der Waals surface area contributed by atoms with Crippen molar-refractivity contribution >= 4 is 11.7 Å². The summed E-state index contributed by atoms with van der Waals surface area (Å²) in [5.74, 6) is -0.0362. The van der Waals surface area contributed by atoms with Gasteiger partial charge in [-0.15, -0.1) is 0 Å². The molecule has 1 rings (SSSR count). The van der Waals surface area contributed by atoms with Gasteiger partial charge in [-0.3, -0.25) is 9.59 Å². The van der Waals surface area contributed by atoms with Crippen molar-refractivity contribution in [3.05, 3.63) is 35.9 Å². The highest BCUT2D eigenvalue weighted by atomic mass is 16.3. The van der Waals surface area contributed by atoms with Gasteiger partial charge in [-0.1, -0.05) is 43.2 Å². The van der Waals surface area contributed by atoms with Crippen molar-refractivity contribution in [2.75, 3.05) is 6.61 Å². The number of ketones is 1. The summed E-state index contributed by atoms with van der Waals surface area (Å²) in [6.45, 7) is 0.215. The van der Waals surface area contributed by atoms with Crippen LogP contribution in [0, 0.1) is 0 Å². The Kier molecular flexibility index (Phi) is 8.31. The van der Waals surface area contributed by atoms with Gasteiger partial charge in [0.05, 0.1) is 0 Å². The first-order valence-electron chi connectivity index (χ1n) is 7.15. The molecule has 0 spiro atoms. The molecule has 2 N–H and O–H groups in total. The molecule has 1 amide bonds. The average molecular weight is 277 g/mol. The fraction of sp³-hybridized carbons (Fsp3) is 0.500. The Bertz CT molecular complexity index is 403. The highest BCUT2D eigenvalue weighted by molar-refractivity contribution is 5.79. The summed E-state index contributed by atoms with van der Waals surface area (Å²) in [5.41, 5.74) is 1.10. The lowest BCUT2D eigenvalue weighted by Crippen LogP contribution is -2.22. The third-order valence-electron chi connectivity index (χ3n) is 3.12. The van der Waals surface area contributed by atoms with E-state index in [0.29, 0.717) is 19.4 Å². The molecule has 110 valence electrons. The summed E-state index contributed by atoms with van der Waals surface area (Å²) < 4.78 is 0. The van der Waals surface area contributed by atoms with Gasteiger partial charge in [0.15, 0.2) is 5.78 Å². The largest absolute Gasteiger partial charge is 0.389 e. The molecule has 0 bridgehead atoms. The molecule has 0 radical (unpaired) electrons. The molecule has 4 nitrogen and oxygen atoms in total. The zero-order valence-electron chi connectivity index (χ0n) is 11.8. The van der Waals surface area contributed by atoms with Gasteiger partial charge < -0.3 is 10.4 Å². The monoisotopic (exact) mass is 277 g/mol. The van der Waals surface area contributed by atoms with Crippen molar-refractivity contribution in [3.63, 3.8) is 0 Å². The molecule has 4 heteroatoms. The van der Waals surface area contributed by atoms with Crippen LogP contribution in [0.25, 0.3) is 0 Å². The van der Waals surface area contributed by atoms with Crippen LogP contribution < -0.4 is 5.32 Å².